The largest absolute Gasteiger partial charge is 0.307 e. The van der Waals surface area contributed by atoms with E-state index in [0.717, 1.165) is 17.4 Å². The Morgan fingerprint density at radius 2 is 1.95 bits per heavy atom. The van der Waals surface area contributed by atoms with Gasteiger partial charge in [0.05, 0.1) is 0 Å². The number of rotatable bonds is 5. The molecule has 0 radical (unpaired) electrons. The number of halogens is 1. The smallest absolute Gasteiger partial charge is 0.0406 e. The average molecular weight is 280 g/mol. The molecule has 1 fully saturated rings. The highest BCUT2D eigenvalue weighted by molar-refractivity contribution is 6.30. The van der Waals surface area contributed by atoms with E-state index in [9.17, 15) is 0 Å². The number of nitrogens with one attached hydrogen (secondary N) is 1. The average Bonchev–Trinajstić information content (AvgIpc) is 2.46. The Balaban J connectivity index is 1.96. The highest BCUT2D eigenvalue weighted by atomic mass is 35.5. The molecule has 3 atom stereocenters. The summed E-state index contributed by atoms with van der Waals surface area (Å²) in [5, 5.41) is 4.68. The normalized spacial score (nSPS) is 25.2. The van der Waals surface area contributed by atoms with Crippen molar-refractivity contribution in [2.75, 3.05) is 0 Å². The zero-order valence-corrected chi connectivity index (χ0v) is 12.9. The zero-order valence-electron chi connectivity index (χ0n) is 12.2. The van der Waals surface area contributed by atoms with Gasteiger partial charge in [0.1, 0.15) is 0 Å². The van der Waals surface area contributed by atoms with Crippen molar-refractivity contribution in [3.63, 3.8) is 0 Å². The molecule has 0 spiro atoms. The van der Waals surface area contributed by atoms with Crippen LogP contribution in [0.5, 0.6) is 0 Å². The molecule has 3 unspecified atom stereocenters. The molecule has 0 saturated heterocycles. The number of hydrogen-bond donors (Lipinski definition) is 1. The Kier molecular flexibility index (Phi) is 5.72. The fourth-order valence-corrected chi connectivity index (χ4v) is 3.37. The standard InChI is InChI=1S/C17H26ClN/c1-3-13-6-5-7-16(12-13)19-17(4-2)14-8-10-15(18)11-9-14/h8-11,13,16-17,19H,3-7,12H2,1-2H3. The van der Waals surface area contributed by atoms with Crippen LogP contribution in [0.15, 0.2) is 24.3 Å². The predicted molar refractivity (Wildman–Crippen MR) is 83.7 cm³/mol. The van der Waals surface area contributed by atoms with Crippen molar-refractivity contribution in [2.45, 2.75) is 64.5 Å². The molecule has 1 aromatic carbocycles. The van der Waals surface area contributed by atoms with Crippen LogP contribution in [0, 0.1) is 5.92 Å². The van der Waals surface area contributed by atoms with Crippen molar-refractivity contribution in [3.8, 4) is 0 Å². The summed E-state index contributed by atoms with van der Waals surface area (Å²) in [4.78, 5) is 0. The number of benzene rings is 1. The van der Waals surface area contributed by atoms with Crippen molar-refractivity contribution in [1.82, 2.24) is 5.32 Å². The molecule has 1 aliphatic carbocycles. The topological polar surface area (TPSA) is 12.0 Å². The first-order valence-corrected chi connectivity index (χ1v) is 8.12. The van der Waals surface area contributed by atoms with Gasteiger partial charge in [0, 0.05) is 17.1 Å². The Labute approximate surface area is 122 Å². The molecule has 0 aliphatic heterocycles. The van der Waals surface area contributed by atoms with E-state index in [2.05, 4.69) is 31.3 Å². The highest BCUT2D eigenvalue weighted by Crippen LogP contribution is 2.29. The second-order valence-corrected chi connectivity index (χ2v) is 6.25. The summed E-state index contributed by atoms with van der Waals surface area (Å²) < 4.78 is 0. The van der Waals surface area contributed by atoms with Crippen LogP contribution in [0.1, 0.15) is 64.0 Å². The fraction of sp³-hybridized carbons (Fsp3) is 0.647. The third kappa shape index (κ3) is 4.22. The van der Waals surface area contributed by atoms with Crippen molar-refractivity contribution in [1.29, 1.82) is 0 Å². The van der Waals surface area contributed by atoms with Crippen LogP contribution in [0.25, 0.3) is 0 Å². The van der Waals surface area contributed by atoms with E-state index >= 15 is 0 Å². The molecule has 106 valence electrons. The molecule has 0 heterocycles. The van der Waals surface area contributed by atoms with Gasteiger partial charge in [0.2, 0.25) is 0 Å². The molecule has 2 heteroatoms. The Hall–Kier alpha value is -0.530. The van der Waals surface area contributed by atoms with Gasteiger partial charge in [-0.15, -0.1) is 0 Å². The van der Waals surface area contributed by atoms with Crippen LogP contribution in [0.3, 0.4) is 0 Å². The molecule has 1 saturated carbocycles. The molecule has 1 N–H and O–H groups in total. The summed E-state index contributed by atoms with van der Waals surface area (Å²) in [5.41, 5.74) is 1.37. The van der Waals surface area contributed by atoms with Crippen LogP contribution < -0.4 is 5.32 Å². The first-order chi connectivity index (χ1) is 9.22. The van der Waals surface area contributed by atoms with Crippen LogP contribution in [-0.2, 0) is 0 Å². The Bertz CT molecular complexity index is 373. The molecule has 0 bridgehead atoms. The predicted octanol–water partition coefficient (Wildman–Crippen LogP) is 5.35. The maximum Gasteiger partial charge on any atom is 0.0406 e. The van der Waals surface area contributed by atoms with Gasteiger partial charge in [-0.05, 0) is 42.9 Å². The maximum absolute atomic E-state index is 5.97. The molecular formula is C17H26ClN. The fourth-order valence-electron chi connectivity index (χ4n) is 3.24. The maximum atomic E-state index is 5.97. The lowest BCUT2D eigenvalue weighted by molar-refractivity contribution is 0.260. The van der Waals surface area contributed by atoms with E-state index < -0.39 is 0 Å². The van der Waals surface area contributed by atoms with E-state index in [-0.39, 0.29) is 0 Å². The monoisotopic (exact) mass is 279 g/mol. The minimum atomic E-state index is 0.470. The Morgan fingerprint density at radius 1 is 1.21 bits per heavy atom. The summed E-state index contributed by atoms with van der Waals surface area (Å²) in [5.74, 6) is 0.925. The van der Waals surface area contributed by atoms with Crippen LogP contribution in [-0.4, -0.2) is 6.04 Å². The minimum absolute atomic E-state index is 0.470. The van der Waals surface area contributed by atoms with Gasteiger partial charge in [0.25, 0.3) is 0 Å². The van der Waals surface area contributed by atoms with Crippen LogP contribution >= 0.6 is 11.6 Å². The molecule has 1 nitrogen and oxygen atoms in total. The summed E-state index contributed by atoms with van der Waals surface area (Å²) in [7, 11) is 0. The van der Waals surface area contributed by atoms with Gasteiger partial charge in [-0.2, -0.15) is 0 Å². The van der Waals surface area contributed by atoms with Gasteiger partial charge >= 0.3 is 0 Å². The van der Waals surface area contributed by atoms with E-state index in [1.807, 2.05) is 12.1 Å². The van der Waals surface area contributed by atoms with Gasteiger partial charge in [-0.25, -0.2) is 0 Å². The van der Waals surface area contributed by atoms with Crippen molar-refractivity contribution < 1.29 is 0 Å². The number of hydrogen-bond acceptors (Lipinski definition) is 1. The minimum Gasteiger partial charge on any atom is -0.307 e. The lowest BCUT2D eigenvalue weighted by Gasteiger charge is -2.32. The first-order valence-electron chi connectivity index (χ1n) is 7.74. The first kappa shape index (κ1) is 14.9. The highest BCUT2D eigenvalue weighted by Gasteiger charge is 2.22. The molecule has 1 aliphatic rings. The molecule has 1 aromatic rings. The summed E-state index contributed by atoms with van der Waals surface area (Å²) >= 11 is 5.97. The summed E-state index contributed by atoms with van der Waals surface area (Å²) in [6.45, 7) is 4.58. The van der Waals surface area contributed by atoms with E-state index in [1.54, 1.807) is 0 Å². The van der Waals surface area contributed by atoms with Gasteiger partial charge < -0.3 is 5.32 Å². The van der Waals surface area contributed by atoms with Gasteiger partial charge in [-0.3, -0.25) is 0 Å². The third-order valence-electron chi connectivity index (χ3n) is 4.48. The lowest BCUT2D eigenvalue weighted by Crippen LogP contribution is -2.36. The Morgan fingerprint density at radius 3 is 2.58 bits per heavy atom. The van der Waals surface area contributed by atoms with Gasteiger partial charge in [-0.1, -0.05) is 56.8 Å². The third-order valence-corrected chi connectivity index (χ3v) is 4.73. The molecule has 2 rings (SSSR count). The van der Waals surface area contributed by atoms with Crippen molar-refractivity contribution >= 4 is 11.6 Å². The molecule has 0 aromatic heterocycles. The van der Waals surface area contributed by atoms with Crippen LogP contribution in [0.2, 0.25) is 5.02 Å². The molecular weight excluding hydrogens is 254 g/mol. The SMILES string of the molecule is CCC1CCCC(NC(CC)c2ccc(Cl)cc2)C1. The summed E-state index contributed by atoms with van der Waals surface area (Å²) in [6.07, 6.45) is 7.95. The lowest BCUT2D eigenvalue weighted by atomic mass is 9.83. The second-order valence-electron chi connectivity index (χ2n) is 5.82. The summed E-state index contributed by atoms with van der Waals surface area (Å²) in [6, 6.07) is 9.47. The molecule has 0 amide bonds. The quantitative estimate of drug-likeness (QED) is 0.766. The van der Waals surface area contributed by atoms with E-state index in [1.165, 1.54) is 37.7 Å². The van der Waals surface area contributed by atoms with E-state index in [4.69, 9.17) is 11.6 Å². The zero-order chi connectivity index (χ0) is 13.7. The van der Waals surface area contributed by atoms with Gasteiger partial charge in [0.15, 0.2) is 0 Å². The molecule has 19 heavy (non-hydrogen) atoms. The van der Waals surface area contributed by atoms with Crippen LogP contribution in [0.4, 0.5) is 0 Å². The second kappa shape index (κ2) is 7.31. The van der Waals surface area contributed by atoms with E-state index in [0.29, 0.717) is 12.1 Å². The van der Waals surface area contributed by atoms with Crippen molar-refractivity contribution in [3.05, 3.63) is 34.9 Å². The van der Waals surface area contributed by atoms with Crippen molar-refractivity contribution in [2.24, 2.45) is 5.92 Å².